The van der Waals surface area contributed by atoms with Gasteiger partial charge in [-0.2, -0.15) is 0 Å². The molecule has 0 radical (unpaired) electrons. The van der Waals surface area contributed by atoms with Gasteiger partial charge in [0, 0.05) is 27.8 Å². The van der Waals surface area contributed by atoms with Crippen LogP contribution in [0.5, 0.6) is 5.75 Å². The van der Waals surface area contributed by atoms with Crippen LogP contribution in [0.25, 0.3) is 0 Å². The SMILES string of the molecule is Cc1cc(C)c(C)c(OCCNCc2cc(Br)cs2)c1. The lowest BCUT2D eigenvalue weighted by Gasteiger charge is -2.12. The lowest BCUT2D eigenvalue weighted by Crippen LogP contribution is -2.20. The first kappa shape index (κ1) is 15.5. The molecule has 0 spiro atoms. The van der Waals surface area contributed by atoms with Crippen molar-refractivity contribution < 1.29 is 4.74 Å². The van der Waals surface area contributed by atoms with Gasteiger partial charge in [0.15, 0.2) is 0 Å². The monoisotopic (exact) mass is 353 g/mol. The van der Waals surface area contributed by atoms with Gasteiger partial charge in [0.2, 0.25) is 0 Å². The first-order valence-corrected chi connectivity index (χ1v) is 8.38. The third-order valence-electron chi connectivity index (χ3n) is 3.22. The molecule has 0 aliphatic carbocycles. The molecule has 1 aromatic carbocycles. The summed E-state index contributed by atoms with van der Waals surface area (Å²) in [7, 11) is 0. The van der Waals surface area contributed by atoms with Crippen LogP contribution in [0.15, 0.2) is 28.1 Å². The van der Waals surface area contributed by atoms with Gasteiger partial charge in [-0.05, 0) is 65.5 Å². The van der Waals surface area contributed by atoms with E-state index in [1.165, 1.54) is 21.6 Å². The standard InChI is InChI=1S/C16H20BrNOS/c1-11-6-12(2)13(3)16(7-11)19-5-4-18-9-15-8-14(17)10-20-15/h6-8,10,18H,4-5,9H2,1-3H3. The van der Waals surface area contributed by atoms with Crippen LogP contribution >= 0.6 is 27.3 Å². The second-order valence-corrected chi connectivity index (χ2v) is 6.87. The largest absolute Gasteiger partial charge is 0.492 e. The molecule has 0 atom stereocenters. The molecule has 0 bridgehead atoms. The van der Waals surface area contributed by atoms with E-state index < -0.39 is 0 Å². The van der Waals surface area contributed by atoms with Crippen LogP contribution in [0.1, 0.15) is 21.6 Å². The minimum atomic E-state index is 0.691. The molecule has 0 fully saturated rings. The number of nitrogens with one attached hydrogen (secondary N) is 1. The summed E-state index contributed by atoms with van der Waals surface area (Å²) in [4.78, 5) is 1.33. The summed E-state index contributed by atoms with van der Waals surface area (Å²) in [6, 6.07) is 6.44. The van der Waals surface area contributed by atoms with Gasteiger partial charge in [0.05, 0.1) is 0 Å². The highest BCUT2D eigenvalue weighted by atomic mass is 79.9. The molecule has 0 unspecified atom stereocenters. The van der Waals surface area contributed by atoms with E-state index in [1.54, 1.807) is 11.3 Å². The topological polar surface area (TPSA) is 21.3 Å². The Morgan fingerprint density at radius 1 is 1.20 bits per heavy atom. The molecule has 2 rings (SSSR count). The molecule has 20 heavy (non-hydrogen) atoms. The van der Waals surface area contributed by atoms with Crippen LogP contribution < -0.4 is 10.1 Å². The minimum absolute atomic E-state index is 0.691. The van der Waals surface area contributed by atoms with Crippen LogP contribution in [0.2, 0.25) is 0 Å². The van der Waals surface area contributed by atoms with Gasteiger partial charge < -0.3 is 10.1 Å². The lowest BCUT2D eigenvalue weighted by atomic mass is 10.1. The number of rotatable bonds is 6. The second-order valence-electron chi connectivity index (χ2n) is 4.96. The van der Waals surface area contributed by atoms with Gasteiger partial charge in [-0.15, -0.1) is 11.3 Å². The van der Waals surface area contributed by atoms with Gasteiger partial charge in [0.25, 0.3) is 0 Å². The highest BCUT2D eigenvalue weighted by Gasteiger charge is 2.03. The number of aryl methyl sites for hydroxylation is 2. The number of halogens is 1. The maximum absolute atomic E-state index is 5.87. The summed E-state index contributed by atoms with van der Waals surface area (Å²) in [6.45, 7) is 8.78. The molecule has 1 aromatic heterocycles. The third-order valence-corrected chi connectivity index (χ3v) is 4.92. The van der Waals surface area contributed by atoms with E-state index in [-0.39, 0.29) is 0 Å². The Kier molecular flexibility index (Phi) is 5.64. The van der Waals surface area contributed by atoms with Crippen molar-refractivity contribution in [3.05, 3.63) is 49.6 Å². The van der Waals surface area contributed by atoms with Gasteiger partial charge in [-0.3, -0.25) is 0 Å². The zero-order valence-corrected chi connectivity index (χ0v) is 14.5. The quantitative estimate of drug-likeness (QED) is 0.766. The van der Waals surface area contributed by atoms with Gasteiger partial charge in [-0.25, -0.2) is 0 Å². The zero-order valence-electron chi connectivity index (χ0n) is 12.1. The molecule has 0 aliphatic heterocycles. The molecule has 1 N–H and O–H groups in total. The van der Waals surface area contributed by atoms with Crippen LogP contribution in [-0.4, -0.2) is 13.2 Å². The van der Waals surface area contributed by atoms with E-state index >= 15 is 0 Å². The summed E-state index contributed by atoms with van der Waals surface area (Å²) in [5.74, 6) is 1.00. The molecular formula is C16H20BrNOS. The fraction of sp³-hybridized carbons (Fsp3) is 0.375. The van der Waals surface area contributed by atoms with E-state index in [9.17, 15) is 0 Å². The molecule has 0 amide bonds. The Morgan fingerprint density at radius 2 is 2.00 bits per heavy atom. The molecule has 0 saturated heterocycles. The van der Waals surface area contributed by atoms with Crippen molar-refractivity contribution in [2.75, 3.05) is 13.2 Å². The van der Waals surface area contributed by atoms with Crippen molar-refractivity contribution in [1.82, 2.24) is 5.32 Å². The summed E-state index contributed by atoms with van der Waals surface area (Å²) in [5, 5.41) is 5.50. The number of benzene rings is 1. The number of hydrogen-bond donors (Lipinski definition) is 1. The third kappa shape index (κ3) is 4.33. The normalized spacial score (nSPS) is 10.8. The Morgan fingerprint density at radius 3 is 2.70 bits per heavy atom. The summed E-state index contributed by atoms with van der Waals surface area (Å²) < 4.78 is 7.03. The predicted molar refractivity (Wildman–Crippen MR) is 89.9 cm³/mol. The van der Waals surface area contributed by atoms with E-state index in [4.69, 9.17) is 4.74 Å². The Labute approximate surface area is 133 Å². The zero-order chi connectivity index (χ0) is 14.5. The van der Waals surface area contributed by atoms with Gasteiger partial charge in [0.1, 0.15) is 12.4 Å². The van der Waals surface area contributed by atoms with E-state index in [0.717, 1.165) is 23.3 Å². The number of ether oxygens (including phenoxy) is 1. The van der Waals surface area contributed by atoms with Crippen molar-refractivity contribution in [3.8, 4) is 5.75 Å². The van der Waals surface area contributed by atoms with E-state index in [1.807, 2.05) is 0 Å². The van der Waals surface area contributed by atoms with Gasteiger partial charge in [-0.1, -0.05) is 6.07 Å². The maximum Gasteiger partial charge on any atom is 0.122 e. The van der Waals surface area contributed by atoms with Crippen molar-refractivity contribution in [1.29, 1.82) is 0 Å². The van der Waals surface area contributed by atoms with Crippen molar-refractivity contribution >= 4 is 27.3 Å². The first-order chi connectivity index (χ1) is 9.56. The number of thiophene rings is 1. The Hall–Kier alpha value is -0.840. The smallest absolute Gasteiger partial charge is 0.122 e. The van der Waals surface area contributed by atoms with Gasteiger partial charge >= 0.3 is 0 Å². The summed E-state index contributed by atoms with van der Waals surface area (Å²) >= 11 is 5.22. The molecule has 108 valence electrons. The highest BCUT2D eigenvalue weighted by Crippen LogP contribution is 2.23. The lowest BCUT2D eigenvalue weighted by molar-refractivity contribution is 0.311. The molecule has 1 heterocycles. The van der Waals surface area contributed by atoms with Crippen LogP contribution in [0, 0.1) is 20.8 Å². The number of hydrogen-bond acceptors (Lipinski definition) is 3. The summed E-state index contributed by atoms with van der Waals surface area (Å²) in [6.07, 6.45) is 0. The van der Waals surface area contributed by atoms with Crippen molar-refractivity contribution in [2.24, 2.45) is 0 Å². The second kappa shape index (κ2) is 7.25. The van der Waals surface area contributed by atoms with Crippen molar-refractivity contribution in [3.63, 3.8) is 0 Å². The average molecular weight is 354 g/mol. The van der Waals surface area contributed by atoms with Crippen LogP contribution in [0.3, 0.4) is 0 Å². The average Bonchev–Trinajstić information content (AvgIpc) is 2.80. The Balaban J connectivity index is 1.76. The van der Waals surface area contributed by atoms with Crippen LogP contribution in [0.4, 0.5) is 0 Å². The highest BCUT2D eigenvalue weighted by molar-refractivity contribution is 9.10. The predicted octanol–water partition coefficient (Wildman–Crippen LogP) is 4.60. The van der Waals surface area contributed by atoms with Crippen LogP contribution in [-0.2, 0) is 6.54 Å². The summed E-state index contributed by atoms with van der Waals surface area (Å²) in [5.41, 5.74) is 3.77. The fourth-order valence-electron chi connectivity index (χ4n) is 2.04. The fourth-order valence-corrected chi connectivity index (χ4v) is 3.46. The molecule has 2 aromatic rings. The first-order valence-electron chi connectivity index (χ1n) is 6.70. The molecule has 2 nitrogen and oxygen atoms in total. The molecule has 0 aliphatic rings. The molecular weight excluding hydrogens is 334 g/mol. The minimum Gasteiger partial charge on any atom is -0.492 e. The molecule has 0 saturated carbocycles. The Bertz CT molecular complexity index is 580. The van der Waals surface area contributed by atoms with Crippen molar-refractivity contribution in [2.45, 2.75) is 27.3 Å². The molecule has 4 heteroatoms. The maximum atomic E-state index is 5.87. The van der Waals surface area contributed by atoms with E-state index in [2.05, 4.69) is 65.6 Å². The van der Waals surface area contributed by atoms with E-state index in [0.29, 0.717) is 6.61 Å².